The average Bonchev–Trinajstić information content (AvgIpc) is 2.55. The molecule has 1 aliphatic rings. The van der Waals surface area contributed by atoms with Crippen molar-refractivity contribution in [2.75, 3.05) is 6.61 Å². The molecule has 1 saturated heterocycles. The number of nitrogens with one attached hydrogen (secondary N) is 1. The van der Waals surface area contributed by atoms with Gasteiger partial charge in [-0.3, -0.25) is 9.59 Å². The summed E-state index contributed by atoms with van der Waals surface area (Å²) in [6, 6.07) is 8.32. The van der Waals surface area contributed by atoms with Crippen molar-refractivity contribution in [2.45, 2.75) is 51.1 Å². The summed E-state index contributed by atoms with van der Waals surface area (Å²) in [6.07, 6.45) is -4.73. The minimum atomic E-state index is -1.45. The summed E-state index contributed by atoms with van der Waals surface area (Å²) in [7, 11) is 0. The summed E-state index contributed by atoms with van der Waals surface area (Å²) in [5, 5.41) is 22.8. The Morgan fingerprint density at radius 3 is 2.48 bits per heavy atom. The Hall–Kier alpha value is -2.00. The predicted octanol–water partition coefficient (Wildman–Crippen LogP) is -0.282. The molecule has 5 atom stereocenters. The van der Waals surface area contributed by atoms with Gasteiger partial charge in [-0.25, -0.2) is 0 Å². The maximum Gasteiger partial charge on any atom is 0.303 e. The van der Waals surface area contributed by atoms with Crippen LogP contribution in [0.2, 0.25) is 0 Å². The molecule has 138 valence electrons. The van der Waals surface area contributed by atoms with E-state index in [2.05, 4.69) is 5.32 Å². The summed E-state index contributed by atoms with van der Waals surface area (Å²) in [6.45, 7) is 2.74. The van der Waals surface area contributed by atoms with Gasteiger partial charge in [-0.1, -0.05) is 30.3 Å². The first-order valence-electron chi connectivity index (χ1n) is 7.96. The van der Waals surface area contributed by atoms with Gasteiger partial charge in [-0.05, 0) is 5.56 Å². The SMILES string of the molecule is CC(=O)N[C@@H]1[C@@H](O)[C@H](OC(C)=O)[C@@H](COCc2ccccc2)O[C@@H]1O. The highest BCUT2D eigenvalue weighted by Crippen LogP contribution is 2.23. The third-order valence-electron chi connectivity index (χ3n) is 3.76. The van der Waals surface area contributed by atoms with Crippen molar-refractivity contribution in [3.63, 3.8) is 0 Å². The Kier molecular flexibility index (Phi) is 6.89. The Morgan fingerprint density at radius 2 is 1.88 bits per heavy atom. The summed E-state index contributed by atoms with van der Waals surface area (Å²) >= 11 is 0. The van der Waals surface area contributed by atoms with E-state index in [4.69, 9.17) is 14.2 Å². The molecular formula is C17H23NO7. The lowest BCUT2D eigenvalue weighted by molar-refractivity contribution is -0.262. The molecule has 0 unspecified atom stereocenters. The molecule has 3 N–H and O–H groups in total. The minimum absolute atomic E-state index is 0.00620. The quantitative estimate of drug-likeness (QED) is 0.603. The lowest BCUT2D eigenvalue weighted by atomic mass is 9.96. The van der Waals surface area contributed by atoms with Crippen LogP contribution in [0, 0.1) is 0 Å². The number of aliphatic hydroxyl groups excluding tert-OH is 2. The van der Waals surface area contributed by atoms with E-state index in [0.29, 0.717) is 6.61 Å². The van der Waals surface area contributed by atoms with Crippen LogP contribution in [0.3, 0.4) is 0 Å². The van der Waals surface area contributed by atoms with Gasteiger partial charge in [-0.15, -0.1) is 0 Å². The Morgan fingerprint density at radius 1 is 1.20 bits per heavy atom. The topological polar surface area (TPSA) is 114 Å². The van der Waals surface area contributed by atoms with Crippen LogP contribution >= 0.6 is 0 Å². The van der Waals surface area contributed by atoms with Crippen LogP contribution in [0.25, 0.3) is 0 Å². The van der Waals surface area contributed by atoms with Crippen LogP contribution in [0.5, 0.6) is 0 Å². The highest BCUT2D eigenvalue weighted by atomic mass is 16.7. The Labute approximate surface area is 145 Å². The van der Waals surface area contributed by atoms with E-state index < -0.39 is 42.5 Å². The molecule has 0 saturated carbocycles. The van der Waals surface area contributed by atoms with Gasteiger partial charge in [0, 0.05) is 13.8 Å². The Balaban J connectivity index is 2.01. The number of rotatable bonds is 6. The fourth-order valence-corrected chi connectivity index (χ4v) is 2.66. The molecular weight excluding hydrogens is 330 g/mol. The van der Waals surface area contributed by atoms with Gasteiger partial charge >= 0.3 is 5.97 Å². The first kappa shape index (κ1) is 19.3. The molecule has 1 aromatic rings. The highest BCUT2D eigenvalue weighted by Gasteiger charge is 2.47. The fraction of sp³-hybridized carbons (Fsp3) is 0.529. The predicted molar refractivity (Wildman–Crippen MR) is 86.1 cm³/mol. The van der Waals surface area contributed by atoms with Crippen molar-refractivity contribution >= 4 is 11.9 Å². The van der Waals surface area contributed by atoms with E-state index in [-0.39, 0.29) is 6.61 Å². The first-order valence-corrected chi connectivity index (χ1v) is 7.96. The van der Waals surface area contributed by atoms with E-state index in [9.17, 15) is 19.8 Å². The second kappa shape index (κ2) is 8.91. The molecule has 1 aliphatic heterocycles. The van der Waals surface area contributed by atoms with Crippen molar-refractivity contribution in [3.8, 4) is 0 Å². The van der Waals surface area contributed by atoms with Crippen molar-refractivity contribution in [3.05, 3.63) is 35.9 Å². The second-order valence-corrected chi connectivity index (χ2v) is 5.86. The van der Waals surface area contributed by atoms with Gasteiger partial charge in [0.05, 0.1) is 13.2 Å². The largest absolute Gasteiger partial charge is 0.457 e. The first-order chi connectivity index (χ1) is 11.9. The average molecular weight is 353 g/mol. The fourth-order valence-electron chi connectivity index (χ4n) is 2.66. The molecule has 1 aromatic carbocycles. The van der Waals surface area contributed by atoms with E-state index in [1.165, 1.54) is 13.8 Å². The molecule has 1 fully saturated rings. The van der Waals surface area contributed by atoms with Crippen LogP contribution in [0.1, 0.15) is 19.4 Å². The zero-order valence-corrected chi connectivity index (χ0v) is 14.1. The number of aliphatic hydroxyl groups is 2. The van der Waals surface area contributed by atoms with Crippen LogP contribution in [-0.4, -0.2) is 59.3 Å². The summed E-state index contributed by atoms with van der Waals surface area (Å²) in [5.41, 5.74) is 0.944. The summed E-state index contributed by atoms with van der Waals surface area (Å²) in [4.78, 5) is 22.6. The zero-order valence-electron chi connectivity index (χ0n) is 14.1. The van der Waals surface area contributed by atoms with Gasteiger partial charge in [0.15, 0.2) is 12.4 Å². The van der Waals surface area contributed by atoms with E-state index in [1.54, 1.807) is 0 Å². The van der Waals surface area contributed by atoms with Crippen molar-refractivity contribution in [1.29, 1.82) is 0 Å². The smallest absolute Gasteiger partial charge is 0.303 e. The maximum absolute atomic E-state index is 11.3. The summed E-state index contributed by atoms with van der Waals surface area (Å²) in [5.74, 6) is -1.06. The second-order valence-electron chi connectivity index (χ2n) is 5.86. The number of ether oxygens (including phenoxy) is 3. The van der Waals surface area contributed by atoms with E-state index >= 15 is 0 Å². The number of esters is 1. The van der Waals surface area contributed by atoms with Crippen LogP contribution in [0.4, 0.5) is 0 Å². The van der Waals surface area contributed by atoms with Crippen molar-refractivity contribution in [2.24, 2.45) is 0 Å². The lowest BCUT2D eigenvalue weighted by Crippen LogP contribution is -2.64. The van der Waals surface area contributed by atoms with Gasteiger partial charge in [0.25, 0.3) is 0 Å². The van der Waals surface area contributed by atoms with Crippen molar-refractivity contribution < 1.29 is 34.0 Å². The highest BCUT2D eigenvalue weighted by molar-refractivity contribution is 5.73. The number of hydrogen-bond acceptors (Lipinski definition) is 7. The number of carbonyl (C=O) groups is 2. The van der Waals surface area contributed by atoms with Gasteiger partial charge in [0.2, 0.25) is 5.91 Å². The third-order valence-corrected chi connectivity index (χ3v) is 3.76. The Bertz CT molecular complexity index is 580. The van der Waals surface area contributed by atoms with Gasteiger partial charge < -0.3 is 29.7 Å². The molecule has 8 heteroatoms. The maximum atomic E-state index is 11.3. The molecule has 2 rings (SSSR count). The minimum Gasteiger partial charge on any atom is -0.457 e. The molecule has 0 aromatic heterocycles. The number of benzene rings is 1. The van der Waals surface area contributed by atoms with Crippen LogP contribution in [-0.2, 0) is 30.4 Å². The molecule has 0 bridgehead atoms. The third kappa shape index (κ3) is 5.50. The monoisotopic (exact) mass is 353 g/mol. The van der Waals surface area contributed by atoms with Gasteiger partial charge in [-0.2, -0.15) is 0 Å². The van der Waals surface area contributed by atoms with E-state index in [0.717, 1.165) is 5.56 Å². The molecule has 8 nitrogen and oxygen atoms in total. The molecule has 1 heterocycles. The van der Waals surface area contributed by atoms with E-state index in [1.807, 2.05) is 30.3 Å². The number of carbonyl (C=O) groups excluding carboxylic acids is 2. The molecule has 0 aliphatic carbocycles. The van der Waals surface area contributed by atoms with Crippen LogP contribution in [0.15, 0.2) is 30.3 Å². The number of amides is 1. The molecule has 0 spiro atoms. The van der Waals surface area contributed by atoms with Crippen LogP contribution < -0.4 is 5.32 Å². The summed E-state index contributed by atoms with van der Waals surface area (Å²) < 4.78 is 16.1. The number of hydrogen-bond donors (Lipinski definition) is 3. The zero-order chi connectivity index (χ0) is 18.4. The molecule has 25 heavy (non-hydrogen) atoms. The standard InChI is InChI=1S/C17H23NO7/c1-10(19)18-14-15(21)16(24-11(2)20)13(25-17(14)22)9-23-8-12-6-4-3-5-7-12/h3-7,13-17,21-22H,8-9H2,1-2H3,(H,18,19)/t13-,14-,15-,16-,17+/m1/s1. The normalized spacial score (nSPS) is 29.0. The van der Waals surface area contributed by atoms with Crippen molar-refractivity contribution in [1.82, 2.24) is 5.32 Å². The lowest BCUT2D eigenvalue weighted by Gasteiger charge is -2.42. The molecule has 1 amide bonds. The molecule has 0 radical (unpaired) electrons. The van der Waals surface area contributed by atoms with Gasteiger partial charge in [0.1, 0.15) is 18.2 Å².